The topological polar surface area (TPSA) is 12.0 Å². The molecule has 16 heavy (non-hydrogen) atoms. The van der Waals surface area contributed by atoms with Crippen LogP contribution in [0.2, 0.25) is 0 Å². The molecule has 1 saturated heterocycles. The summed E-state index contributed by atoms with van der Waals surface area (Å²) in [7, 11) is 0. The van der Waals surface area contributed by atoms with E-state index in [9.17, 15) is 13.2 Å². The molecule has 1 fully saturated rings. The van der Waals surface area contributed by atoms with Crippen LogP contribution in [-0.2, 0) is 6.42 Å². The van der Waals surface area contributed by atoms with Crippen molar-refractivity contribution in [1.29, 1.82) is 0 Å². The van der Waals surface area contributed by atoms with Crippen molar-refractivity contribution in [1.82, 2.24) is 5.32 Å². The van der Waals surface area contributed by atoms with Crippen molar-refractivity contribution in [2.45, 2.75) is 31.7 Å². The summed E-state index contributed by atoms with van der Waals surface area (Å²) in [4.78, 5) is 0. The van der Waals surface area contributed by atoms with E-state index in [-0.39, 0.29) is 11.6 Å². The first-order chi connectivity index (χ1) is 7.66. The van der Waals surface area contributed by atoms with Crippen molar-refractivity contribution in [3.63, 3.8) is 0 Å². The second-order valence-electron chi connectivity index (χ2n) is 4.21. The Kier molecular flexibility index (Phi) is 3.49. The molecule has 1 heterocycles. The molecule has 0 radical (unpaired) electrons. The van der Waals surface area contributed by atoms with Gasteiger partial charge in [0.15, 0.2) is 11.6 Å². The van der Waals surface area contributed by atoms with E-state index in [1.54, 1.807) is 0 Å². The van der Waals surface area contributed by atoms with Crippen molar-refractivity contribution < 1.29 is 13.2 Å². The van der Waals surface area contributed by atoms with Crippen molar-refractivity contribution in [2.24, 2.45) is 0 Å². The third kappa shape index (κ3) is 2.55. The molecule has 0 saturated carbocycles. The van der Waals surface area contributed by atoms with Crippen LogP contribution in [0, 0.1) is 17.5 Å². The highest BCUT2D eigenvalue weighted by molar-refractivity contribution is 5.21. The minimum absolute atomic E-state index is 0.122. The van der Waals surface area contributed by atoms with E-state index in [2.05, 4.69) is 5.32 Å². The summed E-state index contributed by atoms with van der Waals surface area (Å²) in [6.45, 7) is 0.893. The van der Waals surface area contributed by atoms with Gasteiger partial charge in [0, 0.05) is 12.1 Å². The van der Waals surface area contributed by atoms with E-state index in [4.69, 9.17) is 0 Å². The van der Waals surface area contributed by atoms with Gasteiger partial charge in [-0.2, -0.15) is 0 Å². The number of benzene rings is 1. The van der Waals surface area contributed by atoms with E-state index in [0.29, 0.717) is 12.5 Å². The maximum absolute atomic E-state index is 13.4. The van der Waals surface area contributed by atoms with Gasteiger partial charge < -0.3 is 5.32 Å². The minimum Gasteiger partial charge on any atom is -0.314 e. The molecular formula is C12H14F3N. The molecule has 0 aromatic heterocycles. The number of rotatable bonds is 2. The number of hydrogen-bond donors (Lipinski definition) is 1. The predicted octanol–water partition coefficient (Wildman–Crippen LogP) is 2.79. The zero-order valence-electron chi connectivity index (χ0n) is 8.90. The van der Waals surface area contributed by atoms with Crippen LogP contribution in [-0.4, -0.2) is 12.6 Å². The molecule has 1 unspecified atom stereocenters. The Hall–Kier alpha value is -1.03. The zero-order chi connectivity index (χ0) is 11.5. The number of nitrogens with one attached hydrogen (secondary N) is 1. The van der Waals surface area contributed by atoms with Gasteiger partial charge in [-0.25, -0.2) is 13.2 Å². The summed E-state index contributed by atoms with van der Waals surface area (Å²) in [6, 6.07) is 1.78. The summed E-state index contributed by atoms with van der Waals surface area (Å²) < 4.78 is 39.3. The fourth-order valence-electron chi connectivity index (χ4n) is 2.12. The molecule has 1 atom stereocenters. The molecule has 0 bridgehead atoms. The van der Waals surface area contributed by atoms with E-state index in [1.165, 1.54) is 0 Å². The fourth-order valence-corrected chi connectivity index (χ4v) is 2.12. The van der Waals surface area contributed by atoms with Crippen LogP contribution in [0.4, 0.5) is 13.2 Å². The first-order valence-electron chi connectivity index (χ1n) is 5.53. The minimum atomic E-state index is -1.11. The Morgan fingerprint density at radius 3 is 2.69 bits per heavy atom. The molecule has 1 aromatic rings. The van der Waals surface area contributed by atoms with Crippen molar-refractivity contribution in [3.8, 4) is 0 Å². The van der Waals surface area contributed by atoms with Gasteiger partial charge in [-0.15, -0.1) is 0 Å². The Bertz CT molecular complexity index is 373. The molecule has 1 aliphatic rings. The Labute approximate surface area is 92.7 Å². The summed E-state index contributed by atoms with van der Waals surface area (Å²) in [6.07, 6.45) is 3.46. The second kappa shape index (κ2) is 4.87. The summed E-state index contributed by atoms with van der Waals surface area (Å²) in [5, 5.41) is 3.22. The van der Waals surface area contributed by atoms with Crippen LogP contribution in [0.1, 0.15) is 24.8 Å². The average Bonchev–Trinajstić information content (AvgIpc) is 2.27. The van der Waals surface area contributed by atoms with E-state index >= 15 is 0 Å². The molecule has 2 rings (SSSR count). The van der Waals surface area contributed by atoms with Gasteiger partial charge in [-0.3, -0.25) is 0 Å². The largest absolute Gasteiger partial charge is 0.314 e. The number of piperidine rings is 1. The quantitative estimate of drug-likeness (QED) is 0.769. The van der Waals surface area contributed by atoms with Crippen molar-refractivity contribution in [2.75, 3.05) is 6.54 Å². The van der Waals surface area contributed by atoms with Crippen LogP contribution in [0.25, 0.3) is 0 Å². The highest BCUT2D eigenvalue weighted by Crippen LogP contribution is 2.18. The smallest absolute Gasteiger partial charge is 0.162 e. The lowest BCUT2D eigenvalue weighted by Crippen LogP contribution is -2.35. The maximum Gasteiger partial charge on any atom is 0.162 e. The fraction of sp³-hybridized carbons (Fsp3) is 0.500. The molecule has 1 nitrogen and oxygen atoms in total. The highest BCUT2D eigenvalue weighted by atomic mass is 19.2. The van der Waals surface area contributed by atoms with Crippen molar-refractivity contribution >= 4 is 0 Å². The first-order valence-corrected chi connectivity index (χ1v) is 5.53. The first kappa shape index (κ1) is 11.5. The third-order valence-corrected chi connectivity index (χ3v) is 2.95. The molecule has 0 aliphatic carbocycles. The Morgan fingerprint density at radius 1 is 1.19 bits per heavy atom. The molecule has 1 N–H and O–H groups in total. The van der Waals surface area contributed by atoms with Crippen LogP contribution in [0.5, 0.6) is 0 Å². The van der Waals surface area contributed by atoms with Crippen LogP contribution in [0.15, 0.2) is 12.1 Å². The summed E-state index contributed by atoms with van der Waals surface area (Å²) in [5.74, 6) is -2.75. The Balaban J connectivity index is 2.13. The lowest BCUT2D eigenvalue weighted by molar-refractivity contribution is 0.390. The van der Waals surface area contributed by atoms with Gasteiger partial charge in [0.05, 0.1) is 0 Å². The monoisotopic (exact) mass is 229 g/mol. The van der Waals surface area contributed by atoms with Gasteiger partial charge in [0.2, 0.25) is 0 Å². The second-order valence-corrected chi connectivity index (χ2v) is 4.21. The van der Waals surface area contributed by atoms with E-state index in [0.717, 1.165) is 31.9 Å². The summed E-state index contributed by atoms with van der Waals surface area (Å²) in [5.41, 5.74) is 0.122. The molecule has 0 amide bonds. The lowest BCUT2D eigenvalue weighted by Gasteiger charge is -2.23. The van der Waals surface area contributed by atoms with E-state index in [1.807, 2.05) is 0 Å². The maximum atomic E-state index is 13.4. The van der Waals surface area contributed by atoms with E-state index < -0.39 is 17.5 Å². The van der Waals surface area contributed by atoms with Gasteiger partial charge >= 0.3 is 0 Å². The van der Waals surface area contributed by atoms with Gasteiger partial charge in [-0.05, 0) is 37.4 Å². The highest BCUT2D eigenvalue weighted by Gasteiger charge is 2.17. The van der Waals surface area contributed by atoms with Crippen LogP contribution in [0.3, 0.4) is 0 Å². The van der Waals surface area contributed by atoms with Crippen molar-refractivity contribution in [3.05, 3.63) is 35.1 Å². The number of halogens is 3. The van der Waals surface area contributed by atoms with Crippen LogP contribution >= 0.6 is 0 Å². The number of hydrogen-bond acceptors (Lipinski definition) is 1. The third-order valence-electron chi connectivity index (χ3n) is 2.95. The van der Waals surface area contributed by atoms with Gasteiger partial charge in [0.25, 0.3) is 0 Å². The molecule has 88 valence electrons. The standard InChI is InChI=1S/C12H14F3N/c13-9-5-8(12(15)11(14)7-9)6-10-3-1-2-4-16-10/h5,7,10,16H,1-4,6H2. The molecule has 4 heteroatoms. The van der Waals surface area contributed by atoms with Gasteiger partial charge in [0.1, 0.15) is 5.82 Å². The summed E-state index contributed by atoms with van der Waals surface area (Å²) >= 11 is 0. The SMILES string of the molecule is Fc1cc(F)c(F)c(CC2CCCCN2)c1. The predicted molar refractivity (Wildman–Crippen MR) is 55.7 cm³/mol. The Morgan fingerprint density at radius 2 is 2.00 bits per heavy atom. The lowest BCUT2D eigenvalue weighted by atomic mass is 9.97. The molecular weight excluding hydrogens is 215 g/mol. The van der Waals surface area contributed by atoms with Gasteiger partial charge in [-0.1, -0.05) is 6.42 Å². The van der Waals surface area contributed by atoms with Crippen LogP contribution < -0.4 is 5.32 Å². The average molecular weight is 229 g/mol. The molecule has 1 aliphatic heterocycles. The zero-order valence-corrected chi connectivity index (χ0v) is 8.90. The molecule has 1 aromatic carbocycles. The normalized spacial score (nSPS) is 21.1. The molecule has 0 spiro atoms.